The van der Waals surface area contributed by atoms with Crippen molar-refractivity contribution in [2.24, 2.45) is 10.7 Å². The van der Waals surface area contributed by atoms with E-state index in [1.165, 1.54) is 12.4 Å². The van der Waals surface area contributed by atoms with Crippen LogP contribution in [-0.4, -0.2) is 34.9 Å². The van der Waals surface area contributed by atoms with Gasteiger partial charge in [0.05, 0.1) is 11.6 Å². The fraction of sp³-hybridized carbons (Fsp3) is 0.250. The van der Waals surface area contributed by atoms with Gasteiger partial charge in [-0.25, -0.2) is 9.97 Å². The molecule has 1 atom stereocenters. The lowest BCUT2D eigenvalue weighted by molar-refractivity contribution is 0.101. The van der Waals surface area contributed by atoms with Crippen LogP contribution in [0, 0.1) is 0 Å². The van der Waals surface area contributed by atoms with Gasteiger partial charge in [-0.15, -0.1) is 0 Å². The van der Waals surface area contributed by atoms with E-state index in [4.69, 9.17) is 22.1 Å². The molecule has 2 aromatic rings. The van der Waals surface area contributed by atoms with E-state index in [9.17, 15) is 4.79 Å². The largest absolute Gasteiger partial charge is 0.386 e. The van der Waals surface area contributed by atoms with Gasteiger partial charge in [-0.05, 0) is 30.7 Å². The molecule has 3 rings (SSSR count). The van der Waals surface area contributed by atoms with Crippen molar-refractivity contribution in [3.63, 3.8) is 0 Å². The van der Waals surface area contributed by atoms with E-state index in [2.05, 4.69) is 36.2 Å². The zero-order chi connectivity index (χ0) is 18.0. The number of halogens is 2. The third-order valence-corrected chi connectivity index (χ3v) is 4.28. The summed E-state index contributed by atoms with van der Waals surface area (Å²) in [5, 5.41) is 3.13. The monoisotopic (exact) mass is 423 g/mol. The van der Waals surface area contributed by atoms with Crippen LogP contribution in [0.1, 0.15) is 23.1 Å². The predicted octanol–water partition coefficient (Wildman–Crippen LogP) is 2.75. The molecule has 0 saturated heterocycles. The number of hydrogen-bond acceptors (Lipinski definition) is 6. The zero-order valence-electron chi connectivity index (χ0n) is 13.3. The lowest BCUT2D eigenvalue weighted by atomic mass is 9.92. The Morgan fingerprint density at radius 2 is 2.08 bits per heavy atom. The van der Waals surface area contributed by atoms with Crippen molar-refractivity contribution in [3.8, 4) is 0 Å². The predicted molar refractivity (Wildman–Crippen MR) is 98.9 cm³/mol. The lowest BCUT2D eigenvalue weighted by Gasteiger charge is -2.30. The summed E-state index contributed by atoms with van der Waals surface area (Å²) in [4.78, 5) is 24.6. The van der Waals surface area contributed by atoms with Crippen LogP contribution in [0.2, 0.25) is 5.02 Å². The quantitative estimate of drug-likeness (QED) is 0.789. The third kappa shape index (κ3) is 4.15. The first-order chi connectivity index (χ1) is 11.9. The van der Waals surface area contributed by atoms with Crippen LogP contribution in [-0.2, 0) is 10.3 Å². The molecule has 0 spiro atoms. The van der Waals surface area contributed by atoms with Gasteiger partial charge in [-0.3, -0.25) is 9.79 Å². The summed E-state index contributed by atoms with van der Waals surface area (Å²) in [7, 11) is 0. The van der Waals surface area contributed by atoms with Gasteiger partial charge in [0.15, 0.2) is 0 Å². The van der Waals surface area contributed by atoms with E-state index < -0.39 is 11.4 Å². The number of hydrogen-bond donors (Lipinski definition) is 2. The Morgan fingerprint density at radius 1 is 1.36 bits per heavy atom. The molecule has 7 nitrogen and oxygen atoms in total. The Labute approximate surface area is 157 Å². The first kappa shape index (κ1) is 17.8. The summed E-state index contributed by atoms with van der Waals surface area (Å²) >= 11 is 9.19. The highest BCUT2D eigenvalue weighted by atomic mass is 79.9. The molecular formula is C16H15BrClN5O2. The molecule has 0 saturated carbocycles. The van der Waals surface area contributed by atoms with Crippen molar-refractivity contribution < 1.29 is 9.53 Å². The first-order valence-electron chi connectivity index (χ1n) is 7.38. The molecule has 1 aliphatic rings. The number of aliphatic imine (C=N–C) groups is 1. The smallest absolute Gasteiger partial charge is 0.293 e. The number of aromatic nitrogens is 2. The number of amides is 1. The number of carbonyl (C=O) groups is 1. The highest BCUT2D eigenvalue weighted by Crippen LogP contribution is 2.32. The number of benzene rings is 1. The normalized spacial score (nSPS) is 20.0. The standard InChI is InChI=1S/C16H15BrClN5O2/c1-16(8-25-7-13(19)23-16)9-2-10(17)4-12(3-9)22-15(24)14-20-5-11(18)6-21-14/h2-6H,7-8H2,1H3,(H2,19,23)(H,22,24)/t16-/m0/s1. The molecule has 130 valence electrons. The maximum Gasteiger partial charge on any atom is 0.293 e. The summed E-state index contributed by atoms with van der Waals surface area (Å²) in [6.45, 7) is 2.65. The second kappa shape index (κ2) is 7.07. The summed E-state index contributed by atoms with van der Waals surface area (Å²) < 4.78 is 6.29. The van der Waals surface area contributed by atoms with Gasteiger partial charge in [-0.2, -0.15) is 0 Å². The highest BCUT2D eigenvalue weighted by molar-refractivity contribution is 9.10. The van der Waals surface area contributed by atoms with Crippen LogP contribution < -0.4 is 11.1 Å². The Hall–Kier alpha value is -2.03. The number of rotatable bonds is 3. The SMILES string of the molecule is C[C@@]1(c2cc(Br)cc(NC(=O)c3ncc(Cl)cn3)c2)COCC(N)=N1. The molecule has 0 fully saturated rings. The average molecular weight is 425 g/mol. The topological polar surface area (TPSA) is 102 Å². The molecule has 9 heteroatoms. The number of ether oxygens (including phenoxy) is 1. The molecule has 0 radical (unpaired) electrons. The van der Waals surface area contributed by atoms with Gasteiger partial charge in [0.2, 0.25) is 5.82 Å². The van der Waals surface area contributed by atoms with Crippen LogP contribution in [0.4, 0.5) is 5.69 Å². The number of amidine groups is 1. The maximum atomic E-state index is 12.3. The zero-order valence-corrected chi connectivity index (χ0v) is 15.6. The van der Waals surface area contributed by atoms with Crippen LogP contribution in [0.5, 0.6) is 0 Å². The Morgan fingerprint density at radius 3 is 2.76 bits per heavy atom. The summed E-state index contributed by atoms with van der Waals surface area (Å²) in [5.74, 6) is 0.0306. The summed E-state index contributed by atoms with van der Waals surface area (Å²) in [5.41, 5.74) is 6.62. The van der Waals surface area contributed by atoms with Crippen LogP contribution in [0.15, 0.2) is 40.1 Å². The van der Waals surface area contributed by atoms with E-state index in [0.717, 1.165) is 10.0 Å². The van der Waals surface area contributed by atoms with Crippen molar-refractivity contribution in [1.82, 2.24) is 9.97 Å². The fourth-order valence-electron chi connectivity index (χ4n) is 2.47. The van der Waals surface area contributed by atoms with Crippen molar-refractivity contribution in [2.75, 3.05) is 18.5 Å². The number of nitrogens with zero attached hydrogens (tertiary/aromatic N) is 3. The van der Waals surface area contributed by atoms with E-state index in [0.29, 0.717) is 29.8 Å². The number of carbonyl (C=O) groups excluding carboxylic acids is 1. The van der Waals surface area contributed by atoms with Crippen LogP contribution in [0.3, 0.4) is 0 Å². The molecular weight excluding hydrogens is 410 g/mol. The fourth-order valence-corrected chi connectivity index (χ4v) is 3.06. The Balaban J connectivity index is 1.88. The molecule has 0 bridgehead atoms. The van der Waals surface area contributed by atoms with Crippen molar-refractivity contribution >= 4 is 45.0 Å². The maximum absolute atomic E-state index is 12.3. The van der Waals surface area contributed by atoms with E-state index in [1.807, 2.05) is 19.1 Å². The minimum absolute atomic E-state index is 0.0282. The first-order valence-corrected chi connectivity index (χ1v) is 8.55. The lowest BCUT2D eigenvalue weighted by Crippen LogP contribution is -2.37. The van der Waals surface area contributed by atoms with E-state index in [-0.39, 0.29) is 5.82 Å². The number of anilines is 1. The summed E-state index contributed by atoms with van der Waals surface area (Å²) in [6, 6.07) is 5.52. The van der Waals surface area contributed by atoms with Gasteiger partial charge < -0.3 is 15.8 Å². The minimum atomic E-state index is -0.623. The molecule has 2 heterocycles. The van der Waals surface area contributed by atoms with Gasteiger partial charge in [-0.1, -0.05) is 27.5 Å². The highest BCUT2D eigenvalue weighted by Gasteiger charge is 2.30. The Bertz CT molecular complexity index is 843. The molecule has 0 aliphatic carbocycles. The second-order valence-corrected chi connectivity index (χ2v) is 7.13. The van der Waals surface area contributed by atoms with Crippen LogP contribution >= 0.6 is 27.5 Å². The van der Waals surface area contributed by atoms with Gasteiger partial charge in [0.25, 0.3) is 5.91 Å². The average Bonchev–Trinajstić information content (AvgIpc) is 2.54. The molecule has 3 N–H and O–H groups in total. The van der Waals surface area contributed by atoms with E-state index >= 15 is 0 Å². The molecule has 1 amide bonds. The number of nitrogens with two attached hydrogens (primary N) is 1. The van der Waals surface area contributed by atoms with Crippen molar-refractivity contribution in [3.05, 3.63) is 51.5 Å². The van der Waals surface area contributed by atoms with Crippen LogP contribution in [0.25, 0.3) is 0 Å². The number of nitrogens with one attached hydrogen (secondary N) is 1. The molecule has 1 aromatic heterocycles. The van der Waals surface area contributed by atoms with Crippen molar-refractivity contribution in [2.45, 2.75) is 12.5 Å². The van der Waals surface area contributed by atoms with Gasteiger partial charge >= 0.3 is 0 Å². The van der Waals surface area contributed by atoms with E-state index in [1.54, 1.807) is 6.07 Å². The Kier molecular flexibility index (Phi) is 5.03. The van der Waals surface area contributed by atoms with Crippen molar-refractivity contribution in [1.29, 1.82) is 0 Å². The van der Waals surface area contributed by atoms with Gasteiger partial charge in [0.1, 0.15) is 18.0 Å². The molecule has 1 aliphatic heterocycles. The minimum Gasteiger partial charge on any atom is -0.386 e. The molecule has 1 aromatic carbocycles. The molecule has 25 heavy (non-hydrogen) atoms. The molecule has 0 unspecified atom stereocenters. The third-order valence-electron chi connectivity index (χ3n) is 3.62. The second-order valence-electron chi connectivity index (χ2n) is 5.78. The van der Waals surface area contributed by atoms with Gasteiger partial charge in [0, 0.05) is 22.6 Å². The summed E-state index contributed by atoms with van der Waals surface area (Å²) in [6.07, 6.45) is 2.74.